The minimum absolute atomic E-state index is 0.314. The molecule has 1 unspecified atom stereocenters. The van der Waals surface area contributed by atoms with Crippen LogP contribution < -0.4 is 0 Å². The molecule has 1 fully saturated rings. The number of benzene rings is 1. The Hall–Kier alpha value is -1.48. The molecule has 2 aromatic rings. The first-order valence-corrected chi connectivity index (χ1v) is 8.21. The molecule has 2 aliphatic rings. The lowest BCUT2D eigenvalue weighted by atomic mass is 10.0. The van der Waals surface area contributed by atoms with Crippen molar-refractivity contribution in [2.24, 2.45) is 5.92 Å². The molecule has 0 N–H and O–H groups in total. The Morgan fingerprint density at radius 1 is 1.25 bits per heavy atom. The Kier molecular flexibility index (Phi) is 2.95. The van der Waals surface area contributed by atoms with E-state index in [1.807, 2.05) is 24.0 Å². The van der Waals surface area contributed by atoms with Crippen LogP contribution >= 0.6 is 11.8 Å². The highest BCUT2D eigenvalue weighted by molar-refractivity contribution is 7.99. The van der Waals surface area contributed by atoms with E-state index >= 15 is 0 Å². The molecule has 4 rings (SSSR count). The highest BCUT2D eigenvalue weighted by atomic mass is 32.2. The van der Waals surface area contributed by atoms with E-state index in [0.29, 0.717) is 17.6 Å². The number of nitrogens with zero attached hydrogens (tertiary/aromatic N) is 1. The third kappa shape index (κ3) is 2.20. The van der Waals surface area contributed by atoms with E-state index in [2.05, 4.69) is 35.0 Å². The molecule has 0 amide bonds. The topological polar surface area (TPSA) is 22.0 Å². The molecular formula is C17H17NOS. The van der Waals surface area contributed by atoms with Gasteiger partial charge in [0.05, 0.1) is 0 Å². The lowest BCUT2D eigenvalue weighted by Gasteiger charge is -2.11. The Morgan fingerprint density at radius 3 is 2.95 bits per heavy atom. The van der Waals surface area contributed by atoms with E-state index in [1.54, 1.807) is 0 Å². The van der Waals surface area contributed by atoms with Crippen LogP contribution in [-0.4, -0.2) is 16.1 Å². The predicted molar refractivity (Wildman–Crippen MR) is 81.4 cm³/mol. The van der Waals surface area contributed by atoms with Gasteiger partial charge in [0.15, 0.2) is 5.78 Å². The number of carbonyl (C=O) groups is 1. The smallest absolute Gasteiger partial charge is 0.167 e. The van der Waals surface area contributed by atoms with Crippen LogP contribution in [0.2, 0.25) is 0 Å². The summed E-state index contributed by atoms with van der Waals surface area (Å²) < 4.78 is 2.18. The summed E-state index contributed by atoms with van der Waals surface area (Å²) in [5, 5.41) is 0. The monoisotopic (exact) mass is 283 g/mol. The SMILES string of the molecule is O=C(c1ccn(CC2CSc3ccccc32)c1)C1CC1. The summed E-state index contributed by atoms with van der Waals surface area (Å²) in [5.41, 5.74) is 2.35. The Morgan fingerprint density at radius 2 is 2.10 bits per heavy atom. The van der Waals surface area contributed by atoms with Gasteiger partial charge >= 0.3 is 0 Å². The lowest BCUT2D eigenvalue weighted by molar-refractivity contribution is 0.0967. The largest absolute Gasteiger partial charge is 0.353 e. The van der Waals surface area contributed by atoms with Gasteiger partial charge in [-0.1, -0.05) is 18.2 Å². The summed E-state index contributed by atoms with van der Waals surface area (Å²) in [6.07, 6.45) is 6.25. The average Bonchev–Trinajstić information content (AvgIpc) is 3.10. The molecule has 0 saturated heterocycles. The summed E-state index contributed by atoms with van der Waals surface area (Å²) in [5.74, 6) is 2.36. The molecule has 2 heterocycles. The molecule has 0 spiro atoms. The van der Waals surface area contributed by atoms with Gasteiger partial charge in [-0.15, -0.1) is 11.8 Å². The number of fused-ring (bicyclic) bond motifs is 1. The van der Waals surface area contributed by atoms with Gasteiger partial charge in [-0.05, 0) is 30.5 Å². The van der Waals surface area contributed by atoms with Crippen molar-refractivity contribution in [3.8, 4) is 0 Å². The molecule has 1 atom stereocenters. The second-order valence-electron chi connectivity index (χ2n) is 5.78. The van der Waals surface area contributed by atoms with Gasteiger partial charge in [-0.25, -0.2) is 0 Å². The van der Waals surface area contributed by atoms with Crippen LogP contribution in [0.3, 0.4) is 0 Å². The molecule has 1 saturated carbocycles. The van der Waals surface area contributed by atoms with Crippen molar-refractivity contribution in [1.82, 2.24) is 4.57 Å². The third-order valence-corrected chi connectivity index (χ3v) is 5.47. The summed E-state index contributed by atoms with van der Waals surface area (Å²) in [7, 11) is 0. The van der Waals surface area contributed by atoms with Gasteiger partial charge in [0.25, 0.3) is 0 Å². The number of rotatable bonds is 4. The molecular weight excluding hydrogens is 266 g/mol. The zero-order valence-corrected chi connectivity index (χ0v) is 12.1. The fraction of sp³-hybridized carbons (Fsp3) is 0.353. The van der Waals surface area contributed by atoms with Gasteiger partial charge in [-0.2, -0.15) is 0 Å². The number of hydrogen-bond donors (Lipinski definition) is 0. The highest BCUT2D eigenvalue weighted by Gasteiger charge is 2.31. The van der Waals surface area contributed by atoms with Crippen LogP contribution in [0.5, 0.6) is 0 Å². The first kappa shape index (κ1) is 12.3. The fourth-order valence-corrected chi connectivity index (χ4v) is 4.16. The summed E-state index contributed by atoms with van der Waals surface area (Å²) in [6.45, 7) is 0.974. The normalized spacial score (nSPS) is 20.9. The van der Waals surface area contributed by atoms with Crippen molar-refractivity contribution >= 4 is 17.5 Å². The molecule has 3 heteroatoms. The highest BCUT2D eigenvalue weighted by Crippen LogP contribution is 2.40. The van der Waals surface area contributed by atoms with E-state index in [-0.39, 0.29) is 0 Å². The quantitative estimate of drug-likeness (QED) is 0.792. The number of thioether (sulfide) groups is 1. The number of aromatic nitrogens is 1. The minimum atomic E-state index is 0.314. The number of ketones is 1. The molecule has 1 aromatic heterocycles. The third-order valence-electron chi connectivity index (χ3n) is 4.21. The van der Waals surface area contributed by atoms with E-state index < -0.39 is 0 Å². The summed E-state index contributed by atoms with van der Waals surface area (Å²) in [4.78, 5) is 13.5. The van der Waals surface area contributed by atoms with Crippen molar-refractivity contribution in [1.29, 1.82) is 0 Å². The first-order chi connectivity index (χ1) is 9.81. The van der Waals surface area contributed by atoms with E-state index in [0.717, 1.165) is 30.7 Å². The van der Waals surface area contributed by atoms with Crippen LogP contribution in [0.4, 0.5) is 0 Å². The predicted octanol–water partition coefficient (Wildman–Crippen LogP) is 3.97. The van der Waals surface area contributed by atoms with Crippen molar-refractivity contribution in [3.63, 3.8) is 0 Å². The molecule has 20 heavy (non-hydrogen) atoms. The van der Waals surface area contributed by atoms with Crippen LogP contribution in [0, 0.1) is 5.92 Å². The van der Waals surface area contributed by atoms with Gasteiger partial charge in [0.1, 0.15) is 0 Å². The fourth-order valence-electron chi connectivity index (χ4n) is 2.92. The Balaban J connectivity index is 1.51. The molecule has 102 valence electrons. The molecule has 0 radical (unpaired) electrons. The van der Waals surface area contributed by atoms with Crippen LogP contribution in [0.25, 0.3) is 0 Å². The zero-order valence-electron chi connectivity index (χ0n) is 11.3. The second-order valence-corrected chi connectivity index (χ2v) is 6.84. The van der Waals surface area contributed by atoms with Gasteiger partial charge < -0.3 is 4.57 Å². The van der Waals surface area contributed by atoms with Crippen LogP contribution in [-0.2, 0) is 6.54 Å². The Labute approximate surface area is 123 Å². The maximum atomic E-state index is 12.0. The lowest BCUT2D eigenvalue weighted by Crippen LogP contribution is -2.07. The maximum Gasteiger partial charge on any atom is 0.167 e. The van der Waals surface area contributed by atoms with Crippen molar-refractivity contribution in [3.05, 3.63) is 53.9 Å². The van der Waals surface area contributed by atoms with Crippen molar-refractivity contribution < 1.29 is 4.79 Å². The second kappa shape index (κ2) is 4.81. The van der Waals surface area contributed by atoms with Gasteiger partial charge in [-0.3, -0.25) is 4.79 Å². The molecule has 1 aliphatic carbocycles. The zero-order chi connectivity index (χ0) is 13.5. The molecule has 2 nitrogen and oxygen atoms in total. The van der Waals surface area contributed by atoms with Crippen LogP contribution in [0.15, 0.2) is 47.6 Å². The standard InChI is InChI=1S/C17H17NOS/c19-17(12-5-6-12)13-7-8-18(9-13)10-14-11-20-16-4-2-1-3-15(14)16/h1-4,7-9,12,14H,5-6,10-11H2. The number of hydrogen-bond acceptors (Lipinski definition) is 2. The molecule has 0 bridgehead atoms. The first-order valence-electron chi connectivity index (χ1n) is 7.23. The average molecular weight is 283 g/mol. The number of Topliss-reactive ketones (excluding diaryl/α,β-unsaturated/α-hetero) is 1. The van der Waals surface area contributed by atoms with E-state index in [4.69, 9.17) is 0 Å². The van der Waals surface area contributed by atoms with E-state index in [9.17, 15) is 4.79 Å². The minimum Gasteiger partial charge on any atom is -0.353 e. The van der Waals surface area contributed by atoms with E-state index in [1.165, 1.54) is 10.5 Å². The van der Waals surface area contributed by atoms with Crippen molar-refractivity contribution in [2.75, 3.05) is 5.75 Å². The van der Waals surface area contributed by atoms with Gasteiger partial charge in [0.2, 0.25) is 0 Å². The Bertz CT molecular complexity index is 657. The summed E-state index contributed by atoms with van der Waals surface area (Å²) >= 11 is 1.94. The van der Waals surface area contributed by atoms with Gasteiger partial charge in [0, 0.05) is 47.0 Å². The maximum absolute atomic E-state index is 12.0. The van der Waals surface area contributed by atoms with Crippen LogP contribution in [0.1, 0.15) is 34.7 Å². The molecule has 1 aromatic carbocycles. The summed E-state index contributed by atoms with van der Waals surface area (Å²) in [6, 6.07) is 10.7. The molecule has 1 aliphatic heterocycles. The number of carbonyl (C=O) groups excluding carboxylic acids is 1. The van der Waals surface area contributed by atoms with Crippen molar-refractivity contribution in [2.45, 2.75) is 30.2 Å².